The number of ether oxygens (including phenoxy) is 2. The minimum atomic E-state index is 0.639. The summed E-state index contributed by atoms with van der Waals surface area (Å²) in [5.74, 6) is 1.70. The van der Waals surface area contributed by atoms with E-state index in [2.05, 4.69) is 18.0 Å². The van der Waals surface area contributed by atoms with Crippen molar-refractivity contribution in [3.8, 4) is 11.5 Å². The number of hydrogen-bond donors (Lipinski definition) is 1. The quantitative estimate of drug-likeness (QED) is 0.608. The fourth-order valence-electron chi connectivity index (χ4n) is 1.63. The molecular formula is C13H17NO2. The van der Waals surface area contributed by atoms with Crippen LogP contribution in [0.25, 0.3) is 0 Å². The van der Waals surface area contributed by atoms with Gasteiger partial charge in [0.1, 0.15) is 13.2 Å². The van der Waals surface area contributed by atoms with E-state index in [0.717, 1.165) is 31.0 Å². The summed E-state index contributed by atoms with van der Waals surface area (Å²) in [5, 5.41) is 3.34. The fraction of sp³-hybridized carbons (Fsp3) is 0.385. The largest absolute Gasteiger partial charge is 0.486 e. The van der Waals surface area contributed by atoms with E-state index in [0.29, 0.717) is 13.2 Å². The van der Waals surface area contributed by atoms with E-state index in [1.165, 1.54) is 5.56 Å². The van der Waals surface area contributed by atoms with Gasteiger partial charge >= 0.3 is 0 Å². The predicted octanol–water partition coefficient (Wildman–Crippen LogP) is 2.12. The molecule has 0 unspecified atom stereocenters. The highest BCUT2D eigenvalue weighted by molar-refractivity contribution is 5.43. The third-order valence-corrected chi connectivity index (χ3v) is 2.46. The van der Waals surface area contributed by atoms with Gasteiger partial charge in [0.2, 0.25) is 0 Å². The van der Waals surface area contributed by atoms with Gasteiger partial charge in [-0.05, 0) is 30.7 Å². The Morgan fingerprint density at radius 2 is 2.06 bits per heavy atom. The van der Waals surface area contributed by atoms with Crippen LogP contribution in [0.2, 0.25) is 0 Å². The maximum Gasteiger partial charge on any atom is 0.161 e. The van der Waals surface area contributed by atoms with Crippen LogP contribution < -0.4 is 14.8 Å². The fourth-order valence-corrected chi connectivity index (χ4v) is 1.63. The van der Waals surface area contributed by atoms with E-state index >= 15 is 0 Å². The zero-order chi connectivity index (χ0) is 11.2. The van der Waals surface area contributed by atoms with Crippen molar-refractivity contribution < 1.29 is 9.47 Å². The van der Waals surface area contributed by atoms with Crippen LogP contribution in [0.3, 0.4) is 0 Å². The SMILES string of the molecule is C=CCCNCc1ccc2c(c1)OCCO2. The second-order valence-electron chi connectivity index (χ2n) is 3.73. The van der Waals surface area contributed by atoms with Crippen molar-refractivity contribution in [3.63, 3.8) is 0 Å². The average Bonchev–Trinajstić information content (AvgIpc) is 2.34. The Morgan fingerprint density at radius 1 is 1.25 bits per heavy atom. The van der Waals surface area contributed by atoms with Gasteiger partial charge in [0.05, 0.1) is 0 Å². The summed E-state index contributed by atoms with van der Waals surface area (Å²) < 4.78 is 11.0. The number of hydrogen-bond acceptors (Lipinski definition) is 3. The van der Waals surface area contributed by atoms with Crippen molar-refractivity contribution in [1.82, 2.24) is 5.32 Å². The van der Waals surface area contributed by atoms with Crippen molar-refractivity contribution in [2.45, 2.75) is 13.0 Å². The number of benzene rings is 1. The molecule has 0 atom stereocenters. The Labute approximate surface area is 96.1 Å². The van der Waals surface area contributed by atoms with Crippen molar-refractivity contribution in [2.75, 3.05) is 19.8 Å². The standard InChI is InChI=1S/C13H17NO2/c1-2-3-6-14-10-11-4-5-12-13(9-11)16-8-7-15-12/h2,4-5,9,14H,1,3,6-8,10H2. The third kappa shape index (κ3) is 2.76. The lowest BCUT2D eigenvalue weighted by atomic mass is 10.2. The van der Waals surface area contributed by atoms with Crippen LogP contribution in [0.5, 0.6) is 11.5 Å². The van der Waals surface area contributed by atoms with Crippen molar-refractivity contribution in [1.29, 1.82) is 0 Å². The van der Waals surface area contributed by atoms with Crippen LogP contribution in [0, 0.1) is 0 Å². The number of fused-ring (bicyclic) bond motifs is 1. The Hall–Kier alpha value is -1.48. The van der Waals surface area contributed by atoms with Gasteiger partial charge in [0, 0.05) is 6.54 Å². The summed E-state index contributed by atoms with van der Waals surface area (Å²) in [6, 6.07) is 6.07. The minimum absolute atomic E-state index is 0.639. The second kappa shape index (κ2) is 5.56. The molecule has 1 heterocycles. The van der Waals surface area contributed by atoms with E-state index < -0.39 is 0 Å². The van der Waals surface area contributed by atoms with Gasteiger partial charge in [-0.15, -0.1) is 6.58 Å². The lowest BCUT2D eigenvalue weighted by Crippen LogP contribution is -2.17. The molecule has 0 aromatic heterocycles. The van der Waals surface area contributed by atoms with Crippen molar-refractivity contribution in [2.24, 2.45) is 0 Å². The molecule has 1 aliphatic heterocycles. The highest BCUT2D eigenvalue weighted by atomic mass is 16.6. The summed E-state index contributed by atoms with van der Waals surface area (Å²) >= 11 is 0. The molecule has 2 rings (SSSR count). The minimum Gasteiger partial charge on any atom is -0.486 e. The van der Waals surface area contributed by atoms with Gasteiger partial charge in [-0.3, -0.25) is 0 Å². The molecule has 1 aromatic carbocycles. The molecule has 16 heavy (non-hydrogen) atoms. The highest BCUT2D eigenvalue weighted by Crippen LogP contribution is 2.30. The first-order valence-corrected chi connectivity index (χ1v) is 5.60. The second-order valence-corrected chi connectivity index (χ2v) is 3.73. The van der Waals surface area contributed by atoms with Gasteiger partial charge in [0.25, 0.3) is 0 Å². The van der Waals surface area contributed by atoms with Gasteiger partial charge in [-0.2, -0.15) is 0 Å². The zero-order valence-electron chi connectivity index (χ0n) is 9.37. The molecule has 0 spiro atoms. The van der Waals surface area contributed by atoms with E-state index in [-0.39, 0.29) is 0 Å². The molecule has 1 aliphatic rings. The van der Waals surface area contributed by atoms with E-state index in [4.69, 9.17) is 9.47 Å². The van der Waals surface area contributed by atoms with Gasteiger partial charge in [-0.1, -0.05) is 12.1 Å². The topological polar surface area (TPSA) is 30.5 Å². The van der Waals surface area contributed by atoms with Crippen LogP contribution in [0.15, 0.2) is 30.9 Å². The Morgan fingerprint density at radius 3 is 2.88 bits per heavy atom. The molecule has 0 bridgehead atoms. The third-order valence-electron chi connectivity index (χ3n) is 2.46. The first-order valence-electron chi connectivity index (χ1n) is 5.60. The Bertz CT molecular complexity index is 363. The molecule has 0 radical (unpaired) electrons. The Kier molecular flexibility index (Phi) is 3.83. The van der Waals surface area contributed by atoms with E-state index in [1.807, 2.05) is 18.2 Å². The zero-order valence-corrected chi connectivity index (χ0v) is 9.37. The van der Waals surface area contributed by atoms with Gasteiger partial charge in [0.15, 0.2) is 11.5 Å². The predicted molar refractivity (Wildman–Crippen MR) is 64.0 cm³/mol. The summed E-state index contributed by atoms with van der Waals surface area (Å²) in [4.78, 5) is 0. The lowest BCUT2D eigenvalue weighted by Gasteiger charge is -2.18. The summed E-state index contributed by atoms with van der Waals surface area (Å²) in [6.07, 6.45) is 2.90. The van der Waals surface area contributed by atoms with Crippen LogP contribution >= 0.6 is 0 Å². The molecule has 3 heteroatoms. The molecule has 0 fully saturated rings. The molecule has 0 aliphatic carbocycles. The maximum absolute atomic E-state index is 5.52. The molecule has 0 amide bonds. The average molecular weight is 219 g/mol. The summed E-state index contributed by atoms with van der Waals surface area (Å²) in [5.41, 5.74) is 1.22. The van der Waals surface area contributed by atoms with Crippen LogP contribution in [-0.2, 0) is 6.54 Å². The van der Waals surface area contributed by atoms with E-state index in [9.17, 15) is 0 Å². The monoisotopic (exact) mass is 219 g/mol. The molecular weight excluding hydrogens is 202 g/mol. The lowest BCUT2D eigenvalue weighted by molar-refractivity contribution is 0.171. The number of nitrogens with one attached hydrogen (secondary N) is 1. The van der Waals surface area contributed by atoms with Crippen molar-refractivity contribution in [3.05, 3.63) is 36.4 Å². The van der Waals surface area contributed by atoms with Gasteiger partial charge in [-0.25, -0.2) is 0 Å². The van der Waals surface area contributed by atoms with Crippen molar-refractivity contribution >= 4 is 0 Å². The van der Waals surface area contributed by atoms with Gasteiger partial charge < -0.3 is 14.8 Å². The van der Waals surface area contributed by atoms with E-state index in [1.54, 1.807) is 0 Å². The maximum atomic E-state index is 5.52. The Balaban J connectivity index is 1.92. The molecule has 1 N–H and O–H groups in total. The highest BCUT2D eigenvalue weighted by Gasteiger charge is 2.11. The molecule has 0 saturated carbocycles. The molecule has 0 saturated heterocycles. The molecule has 86 valence electrons. The summed E-state index contributed by atoms with van der Waals surface area (Å²) in [7, 11) is 0. The normalized spacial score (nSPS) is 13.5. The first kappa shape index (κ1) is 11.0. The first-order chi connectivity index (χ1) is 7.90. The summed E-state index contributed by atoms with van der Waals surface area (Å²) in [6.45, 7) is 6.78. The molecule has 3 nitrogen and oxygen atoms in total. The van der Waals surface area contributed by atoms with Crippen LogP contribution in [0.1, 0.15) is 12.0 Å². The number of rotatable bonds is 5. The smallest absolute Gasteiger partial charge is 0.161 e. The molecule has 1 aromatic rings. The van der Waals surface area contributed by atoms with Crippen LogP contribution in [-0.4, -0.2) is 19.8 Å². The van der Waals surface area contributed by atoms with Crippen LogP contribution in [0.4, 0.5) is 0 Å².